The number of hydrogen-bond donors (Lipinski definition) is 0. The van der Waals surface area contributed by atoms with E-state index in [-0.39, 0.29) is 7.43 Å². The van der Waals surface area contributed by atoms with Gasteiger partial charge in [-0.05, 0) is 79.4 Å². The normalized spacial score (nSPS) is 33.8. The van der Waals surface area contributed by atoms with Gasteiger partial charge in [-0.3, -0.25) is 0 Å². The third kappa shape index (κ3) is 8.79. The van der Waals surface area contributed by atoms with Crippen molar-refractivity contribution in [1.82, 2.24) is 0 Å². The molecule has 170 valence electrons. The fraction of sp³-hybridized carbons (Fsp3) is 1.00. The highest BCUT2D eigenvalue weighted by Crippen LogP contribution is 2.48. The summed E-state index contributed by atoms with van der Waals surface area (Å²) in [7, 11) is 0. The van der Waals surface area contributed by atoms with E-state index in [0.29, 0.717) is 0 Å². The summed E-state index contributed by atoms with van der Waals surface area (Å²) in [6.45, 7) is 19.1. The second kappa shape index (κ2) is 14.9. The molecule has 0 saturated heterocycles. The Bertz CT molecular complexity index is 355. The maximum absolute atomic E-state index is 2.57. The van der Waals surface area contributed by atoms with Crippen LogP contribution in [0, 0.1) is 47.3 Å². The first-order valence-electron chi connectivity index (χ1n) is 12.9. The summed E-state index contributed by atoms with van der Waals surface area (Å²) in [5.74, 6) is 7.94. The maximum Gasteiger partial charge on any atom is -0.0357 e. The Kier molecular flexibility index (Phi) is 14.9. The fourth-order valence-electron chi connectivity index (χ4n) is 6.22. The van der Waals surface area contributed by atoms with E-state index >= 15 is 0 Å². The molecule has 0 aromatic carbocycles. The van der Waals surface area contributed by atoms with Gasteiger partial charge in [-0.15, -0.1) is 0 Å². The van der Waals surface area contributed by atoms with Crippen LogP contribution in [0.4, 0.5) is 0 Å². The summed E-state index contributed by atoms with van der Waals surface area (Å²) < 4.78 is 0. The molecule has 2 aliphatic rings. The lowest BCUT2D eigenvalue weighted by Crippen LogP contribution is -2.35. The highest BCUT2D eigenvalue weighted by molar-refractivity contribution is 4.88. The molecule has 2 aliphatic carbocycles. The largest absolute Gasteiger partial charge is 0.0776 e. The molecule has 0 N–H and O–H groups in total. The zero-order valence-electron chi connectivity index (χ0n) is 20.4. The van der Waals surface area contributed by atoms with Crippen molar-refractivity contribution in [3.8, 4) is 0 Å². The molecule has 7 atom stereocenters. The standard InChI is InChI=1S/C23H44.C4H10.CH4/c1-7-9-22-18(6)12-20(15-23(22)16(3)4)13-19-10-11-21(14-19)17(5)8-2;1-3-4-2;/h16-23H,7-15H2,1-6H3;3-4H2,1-2H3;1H4. The van der Waals surface area contributed by atoms with E-state index in [0.717, 1.165) is 47.3 Å². The summed E-state index contributed by atoms with van der Waals surface area (Å²) in [6.07, 6.45) is 16.1. The molecule has 2 rings (SSSR count). The molecule has 0 heterocycles. The Morgan fingerprint density at radius 1 is 0.786 bits per heavy atom. The van der Waals surface area contributed by atoms with E-state index in [1.54, 1.807) is 12.8 Å². The van der Waals surface area contributed by atoms with Crippen LogP contribution in [0.2, 0.25) is 0 Å². The van der Waals surface area contributed by atoms with Crippen LogP contribution in [0.3, 0.4) is 0 Å². The van der Waals surface area contributed by atoms with E-state index in [1.165, 1.54) is 57.8 Å². The summed E-state index contributed by atoms with van der Waals surface area (Å²) >= 11 is 0. The van der Waals surface area contributed by atoms with Crippen LogP contribution in [0.1, 0.15) is 133 Å². The third-order valence-electron chi connectivity index (χ3n) is 8.27. The fourth-order valence-corrected chi connectivity index (χ4v) is 6.22. The van der Waals surface area contributed by atoms with Gasteiger partial charge >= 0.3 is 0 Å². The Balaban J connectivity index is 0.00000133. The monoisotopic (exact) mass is 394 g/mol. The number of rotatable bonds is 8. The van der Waals surface area contributed by atoms with Gasteiger partial charge in [0.05, 0.1) is 0 Å². The van der Waals surface area contributed by atoms with Crippen LogP contribution >= 0.6 is 0 Å². The first-order valence-corrected chi connectivity index (χ1v) is 12.9. The van der Waals surface area contributed by atoms with Crippen LogP contribution in [0.15, 0.2) is 0 Å². The van der Waals surface area contributed by atoms with Crippen molar-refractivity contribution in [3.63, 3.8) is 0 Å². The van der Waals surface area contributed by atoms with Gasteiger partial charge < -0.3 is 0 Å². The van der Waals surface area contributed by atoms with E-state index in [2.05, 4.69) is 55.4 Å². The molecule has 0 aromatic heterocycles. The lowest BCUT2D eigenvalue weighted by Gasteiger charge is -2.43. The van der Waals surface area contributed by atoms with Gasteiger partial charge in [0.2, 0.25) is 0 Å². The molecule has 2 fully saturated rings. The first kappa shape index (κ1) is 28.0. The predicted octanol–water partition coefficient (Wildman–Crippen LogP) is 10.0. The van der Waals surface area contributed by atoms with Crippen molar-refractivity contribution < 1.29 is 0 Å². The molecule has 2 saturated carbocycles. The van der Waals surface area contributed by atoms with Gasteiger partial charge in [0.25, 0.3) is 0 Å². The Morgan fingerprint density at radius 3 is 1.93 bits per heavy atom. The molecule has 0 aliphatic heterocycles. The average Bonchev–Trinajstić information content (AvgIpc) is 3.11. The Labute approximate surface area is 181 Å². The van der Waals surface area contributed by atoms with Gasteiger partial charge in [-0.25, -0.2) is 0 Å². The topological polar surface area (TPSA) is 0 Å². The Hall–Kier alpha value is 0. The zero-order chi connectivity index (χ0) is 20.4. The van der Waals surface area contributed by atoms with Crippen molar-refractivity contribution in [2.45, 2.75) is 133 Å². The minimum atomic E-state index is 0. The SMILES string of the molecule is C.CCCC.CCCC1C(C)CC(CC2CCC(C(C)CC)C2)CC1C(C)C. The number of unbranched alkanes of at least 4 members (excludes halogenated alkanes) is 1. The molecule has 0 bridgehead atoms. The predicted molar refractivity (Wildman–Crippen MR) is 131 cm³/mol. The second-order valence-corrected chi connectivity index (χ2v) is 10.7. The molecule has 0 radical (unpaired) electrons. The quantitative estimate of drug-likeness (QED) is 0.384. The maximum atomic E-state index is 2.57. The van der Waals surface area contributed by atoms with Crippen molar-refractivity contribution in [1.29, 1.82) is 0 Å². The molecule has 0 nitrogen and oxygen atoms in total. The van der Waals surface area contributed by atoms with Gasteiger partial charge in [-0.2, -0.15) is 0 Å². The molecule has 0 heteroatoms. The zero-order valence-corrected chi connectivity index (χ0v) is 20.4. The summed E-state index contributed by atoms with van der Waals surface area (Å²) in [5.41, 5.74) is 0. The molecule has 0 amide bonds. The lowest BCUT2D eigenvalue weighted by atomic mass is 9.62. The minimum absolute atomic E-state index is 0. The highest BCUT2D eigenvalue weighted by atomic mass is 14.4. The smallest absolute Gasteiger partial charge is 0.0357 e. The molecule has 28 heavy (non-hydrogen) atoms. The lowest BCUT2D eigenvalue weighted by molar-refractivity contribution is 0.0646. The van der Waals surface area contributed by atoms with Gasteiger partial charge in [0.1, 0.15) is 0 Å². The van der Waals surface area contributed by atoms with Crippen molar-refractivity contribution >= 4 is 0 Å². The van der Waals surface area contributed by atoms with Crippen LogP contribution < -0.4 is 0 Å². The van der Waals surface area contributed by atoms with E-state index in [9.17, 15) is 0 Å². The van der Waals surface area contributed by atoms with Crippen molar-refractivity contribution in [2.24, 2.45) is 47.3 Å². The van der Waals surface area contributed by atoms with Gasteiger partial charge in [0.15, 0.2) is 0 Å². The number of hydrogen-bond acceptors (Lipinski definition) is 0. The Morgan fingerprint density at radius 2 is 1.43 bits per heavy atom. The van der Waals surface area contributed by atoms with E-state index in [1.807, 2.05) is 0 Å². The van der Waals surface area contributed by atoms with Crippen molar-refractivity contribution in [3.05, 3.63) is 0 Å². The summed E-state index contributed by atoms with van der Waals surface area (Å²) in [6, 6.07) is 0. The van der Waals surface area contributed by atoms with Crippen LogP contribution in [0.25, 0.3) is 0 Å². The highest BCUT2D eigenvalue weighted by Gasteiger charge is 2.38. The van der Waals surface area contributed by atoms with Gasteiger partial charge in [0, 0.05) is 0 Å². The average molecular weight is 395 g/mol. The molecule has 0 spiro atoms. The van der Waals surface area contributed by atoms with Crippen LogP contribution in [-0.2, 0) is 0 Å². The molecule has 0 aromatic rings. The van der Waals surface area contributed by atoms with Gasteiger partial charge in [-0.1, -0.05) is 101 Å². The first-order chi connectivity index (χ1) is 12.9. The summed E-state index contributed by atoms with van der Waals surface area (Å²) in [4.78, 5) is 0. The van der Waals surface area contributed by atoms with Crippen LogP contribution in [-0.4, -0.2) is 0 Å². The van der Waals surface area contributed by atoms with E-state index in [4.69, 9.17) is 0 Å². The molecule has 7 unspecified atom stereocenters. The summed E-state index contributed by atoms with van der Waals surface area (Å²) in [5, 5.41) is 0. The molecular weight excluding hydrogens is 336 g/mol. The van der Waals surface area contributed by atoms with Crippen molar-refractivity contribution in [2.75, 3.05) is 0 Å². The second-order valence-electron chi connectivity index (χ2n) is 10.7. The minimum Gasteiger partial charge on any atom is -0.0776 e. The van der Waals surface area contributed by atoms with E-state index < -0.39 is 0 Å². The third-order valence-corrected chi connectivity index (χ3v) is 8.27. The van der Waals surface area contributed by atoms with Crippen LogP contribution in [0.5, 0.6) is 0 Å². The molecular formula is C28H58.